The number of carbonyl (C=O) groups excluding carboxylic acids is 1. The van der Waals surface area contributed by atoms with Crippen molar-refractivity contribution < 1.29 is 14.5 Å². The smallest absolute Gasteiger partial charge is 0.269 e. The van der Waals surface area contributed by atoms with Crippen molar-refractivity contribution in [2.75, 3.05) is 12.4 Å². The number of alkyl halides is 3. The van der Waals surface area contributed by atoms with Gasteiger partial charge < -0.3 is 15.4 Å². The first-order chi connectivity index (χ1) is 12.2. The van der Waals surface area contributed by atoms with E-state index >= 15 is 0 Å². The topological polar surface area (TPSA) is 93.5 Å². The zero-order valence-electron chi connectivity index (χ0n) is 13.4. The molecule has 2 aromatic rings. The van der Waals surface area contributed by atoms with Crippen molar-refractivity contribution in [3.63, 3.8) is 0 Å². The van der Waals surface area contributed by atoms with Crippen LogP contribution in [-0.2, 0) is 0 Å². The molecule has 0 spiro atoms. The number of amides is 1. The second-order valence-corrected chi connectivity index (χ2v) is 7.49. The molecule has 0 bridgehead atoms. The summed E-state index contributed by atoms with van der Waals surface area (Å²) in [6.45, 7) is 0. The van der Waals surface area contributed by atoms with E-state index in [9.17, 15) is 14.9 Å². The van der Waals surface area contributed by atoms with Gasteiger partial charge in [0.05, 0.1) is 12.0 Å². The lowest BCUT2D eigenvalue weighted by atomic mass is 10.2. The molecule has 10 heteroatoms. The van der Waals surface area contributed by atoms with Crippen molar-refractivity contribution in [3.8, 4) is 5.75 Å². The lowest BCUT2D eigenvalue weighted by molar-refractivity contribution is -0.384. The number of rotatable bonds is 6. The Morgan fingerprint density at radius 1 is 1.12 bits per heavy atom. The average Bonchev–Trinajstić information content (AvgIpc) is 2.61. The van der Waals surface area contributed by atoms with Gasteiger partial charge in [0.2, 0.25) is 3.79 Å². The summed E-state index contributed by atoms with van der Waals surface area (Å²) in [5, 5.41) is 16.1. The molecule has 0 heterocycles. The van der Waals surface area contributed by atoms with Gasteiger partial charge in [0.25, 0.3) is 11.6 Å². The van der Waals surface area contributed by atoms with Crippen LogP contribution in [-0.4, -0.2) is 27.9 Å². The molecule has 2 aromatic carbocycles. The van der Waals surface area contributed by atoms with Gasteiger partial charge in [-0.2, -0.15) is 0 Å². The van der Waals surface area contributed by atoms with Crippen LogP contribution >= 0.6 is 34.8 Å². The van der Waals surface area contributed by atoms with Gasteiger partial charge in [0.15, 0.2) is 0 Å². The van der Waals surface area contributed by atoms with E-state index in [0.717, 1.165) is 0 Å². The fraction of sp³-hybridized carbons (Fsp3) is 0.188. The van der Waals surface area contributed by atoms with E-state index in [-0.39, 0.29) is 11.3 Å². The van der Waals surface area contributed by atoms with Crippen molar-refractivity contribution in [1.29, 1.82) is 0 Å². The van der Waals surface area contributed by atoms with Gasteiger partial charge in [-0.3, -0.25) is 14.9 Å². The second kappa shape index (κ2) is 8.44. The Kier molecular flexibility index (Phi) is 6.52. The van der Waals surface area contributed by atoms with E-state index < -0.39 is 20.8 Å². The third-order valence-corrected chi connectivity index (χ3v) is 4.00. The molecule has 7 nitrogen and oxygen atoms in total. The number of nitrogens with zero attached hydrogens (tertiary/aromatic N) is 1. The predicted octanol–water partition coefficient (Wildman–Crippen LogP) is 4.14. The molecule has 0 aliphatic rings. The number of halogens is 3. The van der Waals surface area contributed by atoms with Gasteiger partial charge in [0, 0.05) is 23.4 Å². The third-order valence-electron chi connectivity index (χ3n) is 3.34. The van der Waals surface area contributed by atoms with Crippen molar-refractivity contribution in [2.24, 2.45) is 0 Å². The third kappa shape index (κ3) is 5.39. The summed E-state index contributed by atoms with van der Waals surface area (Å²) in [4.78, 5) is 22.5. The predicted molar refractivity (Wildman–Crippen MR) is 101 cm³/mol. The summed E-state index contributed by atoms with van der Waals surface area (Å²) in [6, 6.07) is 11.9. The maximum Gasteiger partial charge on any atom is 0.269 e. The maximum atomic E-state index is 12.4. The monoisotopic (exact) mass is 417 g/mol. The largest absolute Gasteiger partial charge is 0.497 e. The van der Waals surface area contributed by atoms with Crippen LogP contribution in [0.5, 0.6) is 5.75 Å². The zero-order valence-corrected chi connectivity index (χ0v) is 15.7. The van der Waals surface area contributed by atoms with Crippen LogP contribution in [0.1, 0.15) is 10.4 Å². The van der Waals surface area contributed by atoms with E-state index in [1.54, 1.807) is 24.3 Å². The minimum atomic E-state index is -1.85. The van der Waals surface area contributed by atoms with Crippen LogP contribution in [0.15, 0.2) is 48.5 Å². The molecular weight excluding hydrogens is 405 g/mol. The summed E-state index contributed by atoms with van der Waals surface area (Å²) in [7, 11) is 1.54. The number of carbonyl (C=O) groups is 1. The van der Waals surface area contributed by atoms with Crippen LogP contribution in [0.4, 0.5) is 11.4 Å². The number of nitro benzene ring substituents is 1. The summed E-state index contributed by atoms with van der Waals surface area (Å²) in [6.07, 6.45) is -1.05. The first-order valence-corrected chi connectivity index (χ1v) is 8.36. The Labute approximate surface area is 164 Å². The van der Waals surface area contributed by atoms with Crippen molar-refractivity contribution in [2.45, 2.75) is 9.96 Å². The number of nitro groups is 1. The Morgan fingerprint density at radius 3 is 2.15 bits per heavy atom. The molecule has 0 saturated heterocycles. The molecule has 0 aromatic heterocycles. The molecule has 1 unspecified atom stereocenters. The van der Waals surface area contributed by atoms with Crippen LogP contribution in [0.3, 0.4) is 0 Å². The number of ether oxygens (including phenoxy) is 1. The molecule has 0 fully saturated rings. The van der Waals surface area contributed by atoms with E-state index in [1.165, 1.54) is 31.4 Å². The SMILES string of the molecule is COc1ccc(NC(NC(=O)c2ccc([N+](=O)[O-])cc2)C(Cl)(Cl)Cl)cc1. The summed E-state index contributed by atoms with van der Waals surface area (Å²) >= 11 is 17.8. The van der Waals surface area contributed by atoms with Crippen LogP contribution in [0.25, 0.3) is 0 Å². The number of anilines is 1. The molecule has 0 aliphatic carbocycles. The highest BCUT2D eigenvalue weighted by Gasteiger charge is 2.34. The van der Waals surface area contributed by atoms with E-state index in [1.807, 2.05) is 0 Å². The molecular formula is C16H14Cl3N3O4. The molecule has 1 amide bonds. The highest BCUT2D eigenvalue weighted by atomic mass is 35.6. The van der Waals surface area contributed by atoms with Crippen LogP contribution in [0.2, 0.25) is 0 Å². The molecule has 0 aliphatic heterocycles. The van der Waals surface area contributed by atoms with Gasteiger partial charge in [-0.1, -0.05) is 34.8 Å². The number of methoxy groups -OCH3 is 1. The summed E-state index contributed by atoms with van der Waals surface area (Å²) < 4.78 is 3.22. The fourth-order valence-electron chi connectivity index (χ4n) is 2.00. The first-order valence-electron chi connectivity index (χ1n) is 7.23. The van der Waals surface area contributed by atoms with Crippen LogP contribution < -0.4 is 15.4 Å². The van der Waals surface area contributed by atoms with E-state index in [0.29, 0.717) is 11.4 Å². The molecule has 2 rings (SSSR count). The highest BCUT2D eigenvalue weighted by Crippen LogP contribution is 2.31. The normalized spacial score (nSPS) is 12.2. The van der Waals surface area contributed by atoms with E-state index in [2.05, 4.69) is 10.6 Å². The van der Waals surface area contributed by atoms with Gasteiger partial charge in [0.1, 0.15) is 11.9 Å². The van der Waals surface area contributed by atoms with Gasteiger partial charge >= 0.3 is 0 Å². The maximum absolute atomic E-state index is 12.4. The Balaban J connectivity index is 2.13. The lowest BCUT2D eigenvalue weighted by Crippen LogP contribution is -2.49. The quantitative estimate of drug-likeness (QED) is 0.318. The van der Waals surface area contributed by atoms with Crippen molar-refractivity contribution >= 4 is 52.1 Å². The molecule has 0 radical (unpaired) electrons. The number of hydrogen-bond acceptors (Lipinski definition) is 5. The minimum absolute atomic E-state index is 0.129. The number of benzene rings is 2. The van der Waals surface area contributed by atoms with Crippen molar-refractivity contribution in [1.82, 2.24) is 5.32 Å². The van der Waals surface area contributed by atoms with Gasteiger partial charge in [-0.25, -0.2) is 0 Å². The van der Waals surface area contributed by atoms with Gasteiger partial charge in [-0.05, 0) is 36.4 Å². The summed E-state index contributed by atoms with van der Waals surface area (Å²) in [5.74, 6) is 0.0909. The highest BCUT2D eigenvalue weighted by molar-refractivity contribution is 6.68. The second-order valence-electron chi connectivity index (χ2n) is 5.12. The fourth-order valence-corrected chi connectivity index (χ4v) is 2.33. The number of non-ortho nitro benzene ring substituents is 1. The molecule has 0 saturated carbocycles. The standard InChI is InChI=1S/C16H14Cl3N3O4/c1-26-13-8-4-11(5-9-13)20-15(16(17,18)19)21-14(23)10-2-6-12(7-3-10)22(24)25/h2-9,15,20H,1H3,(H,21,23). The first kappa shape index (κ1) is 20.1. The zero-order chi connectivity index (χ0) is 19.3. The van der Waals surface area contributed by atoms with Gasteiger partial charge in [-0.15, -0.1) is 0 Å². The molecule has 138 valence electrons. The molecule has 26 heavy (non-hydrogen) atoms. The lowest BCUT2D eigenvalue weighted by Gasteiger charge is -2.27. The number of hydrogen-bond donors (Lipinski definition) is 2. The Hall–Kier alpha value is -2.22. The van der Waals surface area contributed by atoms with E-state index in [4.69, 9.17) is 39.5 Å². The van der Waals surface area contributed by atoms with Crippen LogP contribution in [0, 0.1) is 10.1 Å². The Bertz CT molecular complexity index is 777. The van der Waals surface area contributed by atoms with Crippen molar-refractivity contribution in [3.05, 3.63) is 64.2 Å². The number of nitrogens with one attached hydrogen (secondary N) is 2. The Morgan fingerprint density at radius 2 is 1.69 bits per heavy atom. The average molecular weight is 419 g/mol. The molecule has 2 N–H and O–H groups in total. The summed E-state index contributed by atoms with van der Waals surface area (Å²) in [5.41, 5.74) is 0.647. The molecule has 1 atom stereocenters. The minimum Gasteiger partial charge on any atom is -0.497 e.